The number of hydrogen-bond acceptors (Lipinski definition) is 11. The lowest BCUT2D eigenvalue weighted by molar-refractivity contribution is 0.122. The van der Waals surface area contributed by atoms with Crippen LogP contribution in [0.2, 0.25) is 0 Å². The molecule has 1 aromatic carbocycles. The third-order valence-electron chi connectivity index (χ3n) is 5.25. The van der Waals surface area contributed by atoms with Gasteiger partial charge < -0.3 is 25.8 Å². The number of methoxy groups -OCH3 is 1. The molecule has 0 spiro atoms. The van der Waals surface area contributed by atoms with Gasteiger partial charge in [0.25, 0.3) is 6.43 Å². The van der Waals surface area contributed by atoms with Gasteiger partial charge in [-0.3, -0.25) is 4.57 Å². The molecule has 1 aliphatic heterocycles. The van der Waals surface area contributed by atoms with Gasteiger partial charge in [-0.1, -0.05) is 6.07 Å². The zero-order valence-electron chi connectivity index (χ0n) is 18.0. The molecule has 1 saturated heterocycles. The molecule has 4 heterocycles. The maximum absolute atomic E-state index is 14.1. The maximum atomic E-state index is 14.1. The summed E-state index contributed by atoms with van der Waals surface area (Å²) in [6, 6.07) is 4.95. The first-order valence-corrected chi connectivity index (χ1v) is 10.3. The van der Waals surface area contributed by atoms with Crippen LogP contribution in [0.5, 0.6) is 5.75 Å². The number of halogens is 2. The van der Waals surface area contributed by atoms with Crippen molar-refractivity contribution in [1.29, 1.82) is 0 Å². The third kappa shape index (κ3) is 3.77. The molecule has 0 radical (unpaired) electrons. The number of nitrogen functional groups attached to an aromatic ring is 2. The molecule has 1 fully saturated rings. The fraction of sp³-hybridized carbons (Fsp3) is 0.300. The van der Waals surface area contributed by atoms with E-state index in [1.165, 1.54) is 17.9 Å². The highest BCUT2D eigenvalue weighted by atomic mass is 19.3. The van der Waals surface area contributed by atoms with E-state index in [1.54, 1.807) is 18.2 Å². The van der Waals surface area contributed by atoms with Gasteiger partial charge in [-0.05, 0) is 12.1 Å². The Hall–Kier alpha value is -4.20. The molecule has 4 N–H and O–H groups in total. The maximum Gasteiger partial charge on any atom is 0.296 e. The summed E-state index contributed by atoms with van der Waals surface area (Å²) >= 11 is 0. The molecule has 4 aromatic rings. The lowest BCUT2D eigenvalue weighted by Crippen LogP contribution is -2.37. The second kappa shape index (κ2) is 8.62. The Morgan fingerprint density at radius 3 is 2.47 bits per heavy atom. The molecule has 176 valence electrons. The van der Waals surface area contributed by atoms with Crippen molar-refractivity contribution in [2.24, 2.45) is 0 Å². The van der Waals surface area contributed by atoms with E-state index < -0.39 is 12.2 Å². The number of anilines is 3. The fourth-order valence-corrected chi connectivity index (χ4v) is 3.61. The van der Waals surface area contributed by atoms with E-state index >= 15 is 0 Å². The standard InChI is InChI=1S/C20H20F2N10O2/c1-33-12-4-2-3-11-13(12)27-18(14(21)22)32(11)20-29-17(10-9-25-15(23)16(24)26-10)28-19(30-20)31-5-7-34-8-6-31/h2-4,9,14H,5-8H2,1H3,(H2,23,25)(H2,24,26). The van der Waals surface area contributed by atoms with Crippen molar-refractivity contribution in [2.45, 2.75) is 6.43 Å². The smallest absolute Gasteiger partial charge is 0.296 e. The highest BCUT2D eigenvalue weighted by Crippen LogP contribution is 2.32. The van der Waals surface area contributed by atoms with Crippen molar-refractivity contribution in [3.8, 4) is 23.2 Å². The Labute approximate surface area is 191 Å². The summed E-state index contributed by atoms with van der Waals surface area (Å²) in [5.74, 6) is 0.166. The molecular formula is C20H20F2N10O2. The second-order valence-corrected chi connectivity index (χ2v) is 7.32. The van der Waals surface area contributed by atoms with Crippen LogP contribution < -0.4 is 21.1 Å². The van der Waals surface area contributed by atoms with E-state index in [0.717, 1.165) is 0 Å². The molecular weight excluding hydrogens is 450 g/mol. The van der Waals surface area contributed by atoms with Crippen LogP contribution >= 0.6 is 0 Å². The van der Waals surface area contributed by atoms with Gasteiger partial charge in [0.1, 0.15) is 17.0 Å². The number of benzene rings is 1. The number of ether oxygens (including phenoxy) is 2. The zero-order valence-corrected chi connectivity index (χ0v) is 18.0. The Bertz CT molecular complexity index is 1360. The summed E-state index contributed by atoms with van der Waals surface area (Å²) in [6.45, 7) is 1.97. The molecule has 0 bridgehead atoms. The van der Waals surface area contributed by atoms with E-state index in [4.69, 9.17) is 20.9 Å². The molecule has 34 heavy (non-hydrogen) atoms. The number of para-hydroxylation sites is 1. The number of aromatic nitrogens is 7. The van der Waals surface area contributed by atoms with Crippen LogP contribution in [0.1, 0.15) is 12.2 Å². The average molecular weight is 470 g/mol. The normalized spacial score (nSPS) is 14.2. The summed E-state index contributed by atoms with van der Waals surface area (Å²) in [4.78, 5) is 27.6. The van der Waals surface area contributed by atoms with Gasteiger partial charge in [-0.2, -0.15) is 15.0 Å². The minimum absolute atomic E-state index is 0.00142. The van der Waals surface area contributed by atoms with Crippen LogP contribution in [0.15, 0.2) is 24.4 Å². The molecule has 5 rings (SSSR count). The van der Waals surface area contributed by atoms with Gasteiger partial charge in [0.05, 0.1) is 32.0 Å². The summed E-state index contributed by atoms with van der Waals surface area (Å²) in [7, 11) is 1.44. The summed E-state index contributed by atoms with van der Waals surface area (Å²) < 4.78 is 40.1. The van der Waals surface area contributed by atoms with Crippen molar-refractivity contribution in [2.75, 3.05) is 49.8 Å². The molecule has 14 heteroatoms. The Morgan fingerprint density at radius 2 is 1.76 bits per heavy atom. The van der Waals surface area contributed by atoms with E-state index in [9.17, 15) is 8.78 Å². The summed E-state index contributed by atoms with van der Waals surface area (Å²) in [6.07, 6.45) is -1.55. The molecule has 12 nitrogen and oxygen atoms in total. The molecule has 3 aromatic heterocycles. The van der Waals surface area contributed by atoms with Crippen LogP contribution in [0.4, 0.5) is 26.4 Å². The van der Waals surface area contributed by atoms with Crippen LogP contribution in [0.25, 0.3) is 28.5 Å². The first-order chi connectivity index (χ1) is 16.5. The molecule has 0 unspecified atom stereocenters. The van der Waals surface area contributed by atoms with Gasteiger partial charge in [0, 0.05) is 13.1 Å². The monoisotopic (exact) mass is 470 g/mol. The molecule has 0 amide bonds. The quantitative estimate of drug-likeness (QED) is 0.437. The predicted octanol–water partition coefficient (Wildman–Crippen LogP) is 1.61. The van der Waals surface area contributed by atoms with E-state index in [-0.39, 0.29) is 40.6 Å². The number of rotatable bonds is 5. The molecule has 0 aliphatic carbocycles. The minimum atomic E-state index is -2.91. The number of nitrogens with zero attached hydrogens (tertiary/aromatic N) is 8. The second-order valence-electron chi connectivity index (χ2n) is 7.32. The largest absolute Gasteiger partial charge is 0.494 e. The number of fused-ring (bicyclic) bond motifs is 1. The van der Waals surface area contributed by atoms with Gasteiger partial charge in [-0.25, -0.2) is 23.7 Å². The van der Waals surface area contributed by atoms with Crippen LogP contribution in [-0.4, -0.2) is 67.9 Å². The lowest BCUT2D eigenvalue weighted by atomic mass is 10.3. The minimum Gasteiger partial charge on any atom is -0.494 e. The van der Waals surface area contributed by atoms with Crippen LogP contribution in [-0.2, 0) is 4.74 Å². The topological polar surface area (TPSA) is 156 Å². The van der Waals surface area contributed by atoms with Crippen molar-refractivity contribution in [3.05, 3.63) is 30.2 Å². The first kappa shape index (κ1) is 21.6. The Morgan fingerprint density at radius 1 is 1.00 bits per heavy atom. The SMILES string of the molecule is COc1cccc2c1nc(C(F)F)n2-c1nc(-c2cnc(N)c(N)n2)nc(N2CCOCC2)n1. The number of hydrogen-bond donors (Lipinski definition) is 2. The van der Waals surface area contributed by atoms with Crippen molar-refractivity contribution >= 4 is 28.6 Å². The lowest BCUT2D eigenvalue weighted by Gasteiger charge is -2.27. The predicted molar refractivity (Wildman–Crippen MR) is 119 cm³/mol. The number of imidazole rings is 1. The van der Waals surface area contributed by atoms with E-state index in [1.807, 2.05) is 4.90 Å². The molecule has 1 aliphatic rings. The van der Waals surface area contributed by atoms with Gasteiger partial charge in [0.2, 0.25) is 11.9 Å². The molecule has 0 atom stereocenters. The number of alkyl halides is 2. The van der Waals surface area contributed by atoms with Crippen molar-refractivity contribution in [3.63, 3.8) is 0 Å². The molecule has 0 saturated carbocycles. The van der Waals surface area contributed by atoms with E-state index in [2.05, 4.69) is 29.9 Å². The Kier molecular flexibility index (Phi) is 5.49. The first-order valence-electron chi connectivity index (χ1n) is 10.3. The van der Waals surface area contributed by atoms with Gasteiger partial charge in [0.15, 0.2) is 23.3 Å². The highest BCUT2D eigenvalue weighted by Gasteiger charge is 2.26. The number of nitrogens with two attached hydrogens (primary N) is 2. The highest BCUT2D eigenvalue weighted by molar-refractivity contribution is 5.84. The van der Waals surface area contributed by atoms with Gasteiger partial charge in [-0.15, -0.1) is 0 Å². The van der Waals surface area contributed by atoms with E-state index in [0.29, 0.717) is 37.6 Å². The third-order valence-corrected chi connectivity index (χ3v) is 5.25. The van der Waals surface area contributed by atoms with Crippen molar-refractivity contribution < 1.29 is 18.3 Å². The number of morpholine rings is 1. The summed E-state index contributed by atoms with van der Waals surface area (Å²) in [5.41, 5.74) is 12.3. The average Bonchev–Trinajstić information content (AvgIpc) is 3.26. The summed E-state index contributed by atoms with van der Waals surface area (Å²) in [5, 5.41) is 0. The Balaban J connectivity index is 1.76. The zero-order chi connectivity index (χ0) is 23.8. The van der Waals surface area contributed by atoms with Crippen LogP contribution in [0.3, 0.4) is 0 Å². The van der Waals surface area contributed by atoms with Crippen LogP contribution in [0, 0.1) is 0 Å². The van der Waals surface area contributed by atoms with Gasteiger partial charge >= 0.3 is 0 Å². The fourth-order valence-electron chi connectivity index (χ4n) is 3.61. The van der Waals surface area contributed by atoms with Crippen molar-refractivity contribution in [1.82, 2.24) is 34.5 Å².